The predicted octanol–water partition coefficient (Wildman–Crippen LogP) is 0.948. The molecule has 0 bridgehead atoms. The van der Waals surface area contributed by atoms with E-state index in [-0.39, 0.29) is 0 Å². The van der Waals surface area contributed by atoms with Gasteiger partial charge in [-0.2, -0.15) is 0 Å². The first kappa shape index (κ1) is 12.6. The number of nitrogens with zero attached hydrogens (tertiary/aromatic N) is 1. The molecule has 1 atom stereocenters. The van der Waals surface area contributed by atoms with Crippen molar-refractivity contribution < 1.29 is 9.15 Å². The number of rotatable bonds is 5. The van der Waals surface area contributed by atoms with Gasteiger partial charge in [-0.05, 0) is 30.7 Å². The minimum absolute atomic E-state index is 0.297. The molecule has 0 spiro atoms. The highest BCUT2D eigenvalue weighted by Crippen LogP contribution is 2.14. The van der Waals surface area contributed by atoms with Gasteiger partial charge < -0.3 is 19.8 Å². The van der Waals surface area contributed by atoms with Crippen molar-refractivity contribution in [2.45, 2.75) is 12.5 Å². The van der Waals surface area contributed by atoms with Crippen molar-refractivity contribution in [2.24, 2.45) is 0 Å². The van der Waals surface area contributed by atoms with Gasteiger partial charge in [-0.3, -0.25) is 0 Å². The molecule has 1 unspecified atom stereocenters. The maximum atomic E-state index is 5.63. The molecule has 5 nitrogen and oxygen atoms in total. The minimum atomic E-state index is 0.297. The summed E-state index contributed by atoms with van der Waals surface area (Å²) < 4.78 is 10.9. The maximum Gasteiger partial charge on any atom is 0.181 e. The van der Waals surface area contributed by atoms with E-state index < -0.39 is 0 Å². The van der Waals surface area contributed by atoms with Crippen LogP contribution in [0.5, 0.6) is 0 Å². The van der Waals surface area contributed by atoms with Gasteiger partial charge in [-0.25, -0.2) is 4.98 Å². The molecule has 2 aromatic rings. The molecule has 0 aliphatic carbocycles. The predicted molar refractivity (Wildman–Crippen MR) is 73.2 cm³/mol. The van der Waals surface area contributed by atoms with E-state index in [9.17, 15) is 0 Å². The lowest BCUT2D eigenvalue weighted by molar-refractivity contribution is 0.0294. The zero-order valence-electron chi connectivity index (χ0n) is 10.9. The molecule has 3 rings (SSSR count). The van der Waals surface area contributed by atoms with Crippen molar-refractivity contribution in [1.29, 1.82) is 0 Å². The van der Waals surface area contributed by atoms with E-state index in [0.29, 0.717) is 6.10 Å². The molecule has 0 amide bonds. The van der Waals surface area contributed by atoms with Gasteiger partial charge in [0.15, 0.2) is 12.0 Å². The molecule has 1 saturated heterocycles. The second-order valence-electron chi connectivity index (χ2n) is 4.81. The van der Waals surface area contributed by atoms with Crippen LogP contribution in [0.2, 0.25) is 0 Å². The normalized spacial score (nSPS) is 19.9. The largest absolute Gasteiger partial charge is 0.443 e. The molecule has 19 heavy (non-hydrogen) atoms. The Balaban J connectivity index is 1.43. The second kappa shape index (κ2) is 6.14. The second-order valence-corrected chi connectivity index (χ2v) is 4.81. The highest BCUT2D eigenvalue weighted by Gasteiger charge is 2.12. The topological polar surface area (TPSA) is 59.3 Å². The smallest absolute Gasteiger partial charge is 0.181 e. The molecule has 2 N–H and O–H groups in total. The lowest BCUT2D eigenvalue weighted by Crippen LogP contribution is -2.44. The summed E-state index contributed by atoms with van der Waals surface area (Å²) >= 11 is 0. The molecular formula is C14H19N3O2. The first-order chi connectivity index (χ1) is 9.42. The fourth-order valence-corrected chi connectivity index (χ4v) is 2.30. The number of oxazole rings is 1. The van der Waals surface area contributed by atoms with Gasteiger partial charge in [0.25, 0.3) is 0 Å². The third-order valence-electron chi connectivity index (χ3n) is 3.36. The van der Waals surface area contributed by atoms with E-state index in [1.54, 1.807) is 0 Å². The molecule has 5 heteroatoms. The van der Waals surface area contributed by atoms with Gasteiger partial charge in [-0.1, -0.05) is 6.07 Å². The summed E-state index contributed by atoms with van der Waals surface area (Å²) in [7, 11) is 0. The van der Waals surface area contributed by atoms with Crippen LogP contribution in [0.1, 0.15) is 5.56 Å². The van der Waals surface area contributed by atoms with Crippen LogP contribution in [0.15, 0.2) is 29.0 Å². The number of fused-ring (bicyclic) bond motifs is 1. The Morgan fingerprint density at radius 3 is 3.32 bits per heavy atom. The van der Waals surface area contributed by atoms with Crippen LogP contribution in [0.25, 0.3) is 11.1 Å². The Hall–Kier alpha value is -1.43. The molecular weight excluding hydrogens is 242 g/mol. The van der Waals surface area contributed by atoms with Gasteiger partial charge in [0.05, 0.1) is 12.7 Å². The summed E-state index contributed by atoms with van der Waals surface area (Å²) in [5.41, 5.74) is 3.04. The summed E-state index contributed by atoms with van der Waals surface area (Å²) in [5.74, 6) is 0. The average Bonchev–Trinajstić information content (AvgIpc) is 2.92. The Kier molecular flexibility index (Phi) is 4.07. The number of aromatic nitrogens is 1. The van der Waals surface area contributed by atoms with Gasteiger partial charge in [-0.15, -0.1) is 0 Å². The summed E-state index contributed by atoms with van der Waals surface area (Å²) in [5, 5.41) is 6.76. The van der Waals surface area contributed by atoms with Gasteiger partial charge >= 0.3 is 0 Å². The van der Waals surface area contributed by atoms with Crippen molar-refractivity contribution >= 4 is 11.1 Å². The lowest BCUT2D eigenvalue weighted by atomic mass is 10.1. The van der Waals surface area contributed by atoms with Gasteiger partial charge in [0.2, 0.25) is 0 Å². The molecule has 1 aromatic carbocycles. The highest BCUT2D eigenvalue weighted by molar-refractivity contribution is 5.72. The SMILES string of the molecule is c1nc2ccc(CCNCC3CNCCO3)cc2o1. The fraction of sp³-hybridized carbons (Fsp3) is 0.500. The first-order valence-corrected chi connectivity index (χ1v) is 6.77. The first-order valence-electron chi connectivity index (χ1n) is 6.77. The molecule has 1 aliphatic heterocycles. The third-order valence-corrected chi connectivity index (χ3v) is 3.36. The van der Waals surface area contributed by atoms with Crippen molar-refractivity contribution in [3.05, 3.63) is 30.2 Å². The summed E-state index contributed by atoms with van der Waals surface area (Å²) in [6.45, 7) is 4.57. The van der Waals surface area contributed by atoms with E-state index in [1.165, 1.54) is 12.0 Å². The average molecular weight is 261 g/mol. The number of hydrogen-bond donors (Lipinski definition) is 2. The molecule has 0 radical (unpaired) electrons. The Labute approximate surface area is 112 Å². The van der Waals surface area contributed by atoms with Crippen molar-refractivity contribution in [1.82, 2.24) is 15.6 Å². The van der Waals surface area contributed by atoms with Crippen LogP contribution in [-0.2, 0) is 11.2 Å². The fourth-order valence-electron chi connectivity index (χ4n) is 2.30. The molecule has 0 saturated carbocycles. The van der Waals surface area contributed by atoms with E-state index in [2.05, 4.69) is 27.8 Å². The highest BCUT2D eigenvalue weighted by atomic mass is 16.5. The molecule has 2 heterocycles. The van der Waals surface area contributed by atoms with E-state index in [0.717, 1.165) is 50.3 Å². The zero-order chi connectivity index (χ0) is 12.9. The van der Waals surface area contributed by atoms with E-state index in [1.807, 2.05) is 6.07 Å². The van der Waals surface area contributed by atoms with Crippen molar-refractivity contribution in [3.8, 4) is 0 Å². The van der Waals surface area contributed by atoms with Crippen LogP contribution in [0, 0.1) is 0 Å². The number of nitrogens with one attached hydrogen (secondary N) is 2. The summed E-state index contributed by atoms with van der Waals surface area (Å²) in [4.78, 5) is 4.11. The van der Waals surface area contributed by atoms with Crippen LogP contribution in [0.3, 0.4) is 0 Å². The quantitative estimate of drug-likeness (QED) is 0.785. The van der Waals surface area contributed by atoms with Crippen LogP contribution in [-0.4, -0.2) is 43.9 Å². The van der Waals surface area contributed by atoms with E-state index >= 15 is 0 Å². The molecule has 1 aromatic heterocycles. The van der Waals surface area contributed by atoms with Crippen molar-refractivity contribution in [3.63, 3.8) is 0 Å². The monoisotopic (exact) mass is 261 g/mol. The number of morpholine rings is 1. The minimum Gasteiger partial charge on any atom is -0.443 e. The third kappa shape index (κ3) is 3.32. The standard InChI is InChI=1S/C14H19N3O2/c1-2-13-14(19-10-17-13)7-11(1)3-4-15-8-12-9-16-5-6-18-12/h1-2,7,10,12,15-16H,3-6,8-9H2. The van der Waals surface area contributed by atoms with Crippen LogP contribution in [0.4, 0.5) is 0 Å². The summed E-state index contributed by atoms with van der Waals surface area (Å²) in [6, 6.07) is 6.16. The van der Waals surface area contributed by atoms with Crippen LogP contribution < -0.4 is 10.6 Å². The molecule has 1 aliphatic rings. The Bertz CT molecular complexity index is 520. The summed E-state index contributed by atoms with van der Waals surface area (Å²) in [6.07, 6.45) is 2.77. The van der Waals surface area contributed by atoms with Gasteiger partial charge in [0, 0.05) is 19.6 Å². The Morgan fingerprint density at radius 2 is 2.42 bits per heavy atom. The Morgan fingerprint density at radius 1 is 1.42 bits per heavy atom. The van der Waals surface area contributed by atoms with Crippen molar-refractivity contribution in [2.75, 3.05) is 32.8 Å². The molecule has 102 valence electrons. The zero-order valence-corrected chi connectivity index (χ0v) is 10.9. The van der Waals surface area contributed by atoms with Crippen LogP contribution >= 0.6 is 0 Å². The van der Waals surface area contributed by atoms with E-state index in [4.69, 9.17) is 9.15 Å². The van der Waals surface area contributed by atoms with Gasteiger partial charge in [0.1, 0.15) is 5.52 Å². The number of benzene rings is 1. The maximum absolute atomic E-state index is 5.63. The lowest BCUT2D eigenvalue weighted by Gasteiger charge is -2.23. The number of ether oxygens (including phenoxy) is 1. The number of hydrogen-bond acceptors (Lipinski definition) is 5. The molecule has 1 fully saturated rings.